The van der Waals surface area contributed by atoms with Gasteiger partial charge in [0.25, 0.3) is 0 Å². The number of likely N-dealkylation sites (N-methyl/N-ethyl adjacent to an activating group) is 1. The Kier molecular flexibility index (Phi) is 5.18. The third kappa shape index (κ3) is 3.89. The van der Waals surface area contributed by atoms with Crippen molar-refractivity contribution in [2.24, 2.45) is 0 Å². The van der Waals surface area contributed by atoms with Crippen LogP contribution in [-0.4, -0.2) is 37.9 Å². The molecule has 90 valence electrons. The minimum absolute atomic E-state index is 0.294. The van der Waals surface area contributed by atoms with Crippen molar-refractivity contribution in [1.29, 1.82) is 5.26 Å². The van der Waals surface area contributed by atoms with Gasteiger partial charge in [-0.05, 0) is 37.7 Å². The lowest BCUT2D eigenvalue weighted by Crippen LogP contribution is -2.21. The van der Waals surface area contributed by atoms with E-state index in [2.05, 4.69) is 18.0 Å². The van der Waals surface area contributed by atoms with Crippen LogP contribution in [0, 0.1) is 11.3 Å². The van der Waals surface area contributed by atoms with Crippen LogP contribution in [0.4, 0.5) is 0 Å². The molecule has 0 amide bonds. The molecule has 2 rings (SSSR count). The first-order valence-corrected chi connectivity index (χ1v) is 5.42. The zero-order chi connectivity index (χ0) is 12.7. The van der Waals surface area contributed by atoms with Crippen LogP contribution < -0.4 is 4.74 Å². The molecule has 4 nitrogen and oxygen atoms in total. The lowest BCUT2D eigenvalue weighted by atomic mass is 10.2. The first-order valence-electron chi connectivity index (χ1n) is 5.42. The normalized spacial score (nSPS) is 18.9. The summed E-state index contributed by atoms with van der Waals surface area (Å²) in [6.45, 7) is 4.08. The van der Waals surface area contributed by atoms with E-state index in [9.17, 15) is 0 Å². The van der Waals surface area contributed by atoms with Gasteiger partial charge in [-0.25, -0.2) is 0 Å². The molecule has 0 N–H and O–H groups in total. The Morgan fingerprint density at radius 1 is 1.41 bits per heavy atom. The van der Waals surface area contributed by atoms with Gasteiger partial charge in [0, 0.05) is 13.1 Å². The largest absolute Gasteiger partial charge is 0.489 e. The summed E-state index contributed by atoms with van der Waals surface area (Å²) in [5.74, 6) is 0.856. The number of hydrogen-bond donors (Lipinski definition) is 0. The van der Waals surface area contributed by atoms with Gasteiger partial charge in [-0.1, -0.05) is 0 Å². The highest BCUT2D eigenvalue weighted by atomic mass is 16.5. The van der Waals surface area contributed by atoms with Crippen molar-refractivity contribution < 1.29 is 9.53 Å². The van der Waals surface area contributed by atoms with Gasteiger partial charge in [-0.15, -0.1) is 0 Å². The van der Waals surface area contributed by atoms with E-state index in [1.54, 1.807) is 12.1 Å². The number of carbonyl (C=O) groups excluding carboxylic acids is 1. The molecule has 0 bridgehead atoms. The van der Waals surface area contributed by atoms with Crippen LogP contribution in [0.1, 0.15) is 12.0 Å². The monoisotopic (exact) mass is 232 g/mol. The number of rotatable bonds is 2. The summed E-state index contributed by atoms with van der Waals surface area (Å²) in [7, 11) is 2.10. The molecule has 1 aliphatic heterocycles. The number of ether oxygens (including phenoxy) is 1. The standard InChI is InChI=1S/C12H14N2O.CH2O/c1-14-7-6-12(9-14)15-11-4-2-10(8-13)3-5-11;1-2/h2-5,12H,6-7,9H2,1H3;1H2. The Balaban J connectivity index is 0.000000686. The quantitative estimate of drug-likeness (QED) is 0.774. The molecular formula is C13H16N2O2. The Bertz CT molecular complexity index is 383. The van der Waals surface area contributed by atoms with E-state index < -0.39 is 0 Å². The number of nitriles is 1. The zero-order valence-electron chi connectivity index (χ0n) is 9.93. The lowest BCUT2D eigenvalue weighted by molar-refractivity contribution is -0.0979. The number of nitrogens with zero attached hydrogens (tertiary/aromatic N) is 2. The Morgan fingerprint density at radius 2 is 2.06 bits per heavy atom. The van der Waals surface area contributed by atoms with Crippen LogP contribution >= 0.6 is 0 Å². The van der Waals surface area contributed by atoms with Gasteiger partial charge in [0.15, 0.2) is 0 Å². The number of hydrogen-bond acceptors (Lipinski definition) is 4. The van der Waals surface area contributed by atoms with Gasteiger partial charge < -0.3 is 14.4 Å². The topological polar surface area (TPSA) is 53.3 Å². The van der Waals surface area contributed by atoms with Crippen LogP contribution in [0.25, 0.3) is 0 Å². The molecule has 0 aliphatic carbocycles. The summed E-state index contributed by atoms with van der Waals surface area (Å²) < 4.78 is 5.79. The van der Waals surface area contributed by atoms with Crippen LogP contribution in [0.5, 0.6) is 5.75 Å². The summed E-state index contributed by atoms with van der Waals surface area (Å²) in [5.41, 5.74) is 0.672. The minimum Gasteiger partial charge on any atom is -0.489 e. The van der Waals surface area contributed by atoms with Gasteiger partial charge in [0.2, 0.25) is 0 Å². The second kappa shape index (κ2) is 6.66. The SMILES string of the molecule is C=O.CN1CCC(Oc2ccc(C#N)cc2)C1. The van der Waals surface area contributed by atoms with Crippen molar-refractivity contribution in [2.45, 2.75) is 12.5 Å². The molecule has 4 heteroatoms. The molecule has 0 radical (unpaired) electrons. The molecule has 1 unspecified atom stereocenters. The van der Waals surface area contributed by atoms with Crippen LogP contribution in [0.3, 0.4) is 0 Å². The van der Waals surface area contributed by atoms with Crippen molar-refractivity contribution in [1.82, 2.24) is 4.90 Å². The van der Waals surface area contributed by atoms with E-state index in [0.717, 1.165) is 25.3 Å². The molecule has 0 aromatic heterocycles. The van der Waals surface area contributed by atoms with Crippen molar-refractivity contribution >= 4 is 6.79 Å². The highest BCUT2D eigenvalue weighted by molar-refractivity contribution is 5.34. The predicted molar refractivity (Wildman–Crippen MR) is 64.8 cm³/mol. The van der Waals surface area contributed by atoms with Crippen molar-refractivity contribution in [3.8, 4) is 11.8 Å². The molecule has 1 aromatic rings. The smallest absolute Gasteiger partial charge is 0.119 e. The Hall–Kier alpha value is -1.86. The summed E-state index contributed by atoms with van der Waals surface area (Å²) in [6, 6.07) is 9.38. The molecule has 17 heavy (non-hydrogen) atoms. The maximum atomic E-state index is 8.65. The highest BCUT2D eigenvalue weighted by Crippen LogP contribution is 2.17. The average molecular weight is 232 g/mol. The van der Waals surface area contributed by atoms with E-state index in [-0.39, 0.29) is 0 Å². The van der Waals surface area contributed by atoms with Gasteiger partial charge in [-0.3, -0.25) is 0 Å². The fourth-order valence-electron chi connectivity index (χ4n) is 1.79. The first-order chi connectivity index (χ1) is 8.28. The van der Waals surface area contributed by atoms with Crippen LogP contribution in [-0.2, 0) is 4.79 Å². The summed E-state index contributed by atoms with van der Waals surface area (Å²) in [5, 5.41) is 8.65. The van der Waals surface area contributed by atoms with Gasteiger partial charge in [0.1, 0.15) is 18.6 Å². The van der Waals surface area contributed by atoms with E-state index in [4.69, 9.17) is 14.8 Å². The van der Waals surface area contributed by atoms with Crippen molar-refractivity contribution in [3.05, 3.63) is 29.8 Å². The molecule has 1 fully saturated rings. The van der Waals surface area contributed by atoms with Gasteiger partial charge in [0.05, 0.1) is 11.6 Å². The van der Waals surface area contributed by atoms with Crippen molar-refractivity contribution in [2.75, 3.05) is 20.1 Å². The third-order valence-corrected chi connectivity index (χ3v) is 2.63. The fourth-order valence-corrected chi connectivity index (χ4v) is 1.79. The Labute approximate surface area is 101 Å². The number of likely N-dealkylation sites (tertiary alicyclic amines) is 1. The molecule has 1 aromatic carbocycles. The highest BCUT2D eigenvalue weighted by Gasteiger charge is 2.20. The maximum absolute atomic E-state index is 8.65. The van der Waals surface area contributed by atoms with Gasteiger partial charge in [-0.2, -0.15) is 5.26 Å². The van der Waals surface area contributed by atoms with Crippen molar-refractivity contribution in [3.63, 3.8) is 0 Å². The van der Waals surface area contributed by atoms with E-state index in [1.807, 2.05) is 18.9 Å². The summed E-state index contributed by atoms with van der Waals surface area (Å²) in [6.07, 6.45) is 1.37. The van der Waals surface area contributed by atoms with Crippen LogP contribution in [0.2, 0.25) is 0 Å². The predicted octanol–water partition coefficient (Wildman–Crippen LogP) is 1.46. The number of carbonyl (C=O) groups is 1. The molecule has 0 spiro atoms. The minimum atomic E-state index is 0.294. The fraction of sp³-hybridized carbons (Fsp3) is 0.385. The summed E-state index contributed by atoms with van der Waals surface area (Å²) >= 11 is 0. The molecule has 1 saturated heterocycles. The molecule has 1 aliphatic rings. The third-order valence-electron chi connectivity index (χ3n) is 2.63. The molecule has 1 heterocycles. The second-order valence-electron chi connectivity index (χ2n) is 3.93. The summed E-state index contributed by atoms with van der Waals surface area (Å²) in [4.78, 5) is 10.3. The lowest BCUT2D eigenvalue weighted by Gasteiger charge is -2.13. The van der Waals surface area contributed by atoms with Gasteiger partial charge >= 0.3 is 0 Å². The molecule has 1 atom stereocenters. The van der Waals surface area contributed by atoms with E-state index in [0.29, 0.717) is 11.7 Å². The first kappa shape index (κ1) is 13.2. The van der Waals surface area contributed by atoms with E-state index in [1.165, 1.54) is 0 Å². The second-order valence-corrected chi connectivity index (χ2v) is 3.93. The Morgan fingerprint density at radius 3 is 2.53 bits per heavy atom. The molecule has 0 saturated carbocycles. The van der Waals surface area contributed by atoms with Crippen LogP contribution in [0.15, 0.2) is 24.3 Å². The van der Waals surface area contributed by atoms with E-state index >= 15 is 0 Å². The maximum Gasteiger partial charge on any atom is 0.119 e. The molecular weight excluding hydrogens is 216 g/mol. The zero-order valence-corrected chi connectivity index (χ0v) is 9.93. The number of benzene rings is 1. The average Bonchev–Trinajstić information content (AvgIpc) is 2.78.